The molecule has 2 aliphatic rings. The van der Waals surface area contributed by atoms with Crippen LogP contribution in [0.1, 0.15) is 43.0 Å². The maximum Gasteiger partial charge on any atom is 0.311 e. The van der Waals surface area contributed by atoms with Gasteiger partial charge in [-0.25, -0.2) is 0 Å². The number of aliphatic carboxylic acids is 1. The van der Waals surface area contributed by atoms with Crippen molar-refractivity contribution in [3.05, 3.63) is 35.9 Å². The Morgan fingerprint density at radius 3 is 2.44 bits per heavy atom. The van der Waals surface area contributed by atoms with Crippen LogP contribution in [0.3, 0.4) is 0 Å². The summed E-state index contributed by atoms with van der Waals surface area (Å²) in [5.74, 6) is -1.39. The van der Waals surface area contributed by atoms with Crippen LogP contribution in [0.15, 0.2) is 30.3 Å². The Labute approximate surface area is 158 Å². The van der Waals surface area contributed by atoms with Gasteiger partial charge in [-0.2, -0.15) is 0 Å². The normalized spacial score (nSPS) is 24.4. The topological polar surface area (TPSA) is 95.9 Å². The minimum atomic E-state index is -1.00. The first-order valence-corrected chi connectivity index (χ1v) is 9.36. The minimum Gasteiger partial charge on any atom is -0.481 e. The van der Waals surface area contributed by atoms with Gasteiger partial charge in [0.1, 0.15) is 5.54 Å². The maximum absolute atomic E-state index is 13.0. The molecule has 1 atom stereocenters. The summed E-state index contributed by atoms with van der Waals surface area (Å²) in [6.07, 6.45) is 2.03. The van der Waals surface area contributed by atoms with Gasteiger partial charge in [0.2, 0.25) is 5.91 Å². The van der Waals surface area contributed by atoms with Crippen molar-refractivity contribution in [3.8, 4) is 0 Å². The van der Waals surface area contributed by atoms with Gasteiger partial charge in [0.25, 0.3) is 5.91 Å². The zero-order valence-corrected chi connectivity index (χ0v) is 15.6. The molecule has 1 aromatic rings. The average Bonchev–Trinajstić information content (AvgIpc) is 3.09. The highest BCUT2D eigenvalue weighted by molar-refractivity contribution is 5.99. The van der Waals surface area contributed by atoms with Crippen LogP contribution in [-0.2, 0) is 14.3 Å². The lowest BCUT2D eigenvalue weighted by atomic mass is 9.80. The number of amides is 2. The highest BCUT2D eigenvalue weighted by Gasteiger charge is 2.47. The van der Waals surface area contributed by atoms with E-state index in [1.165, 1.54) is 0 Å². The standard InChI is InChI=1S/C20H26N2O5/c1-19(8-5-11-22(19)16(23)15-6-3-2-4-7-15)17(24)21-14-20(18(25)26)9-12-27-13-10-20/h2-4,6-7H,5,8-14H2,1H3,(H,21,24)(H,25,26). The van der Waals surface area contributed by atoms with Crippen molar-refractivity contribution in [2.45, 2.75) is 38.1 Å². The van der Waals surface area contributed by atoms with Gasteiger partial charge in [0, 0.05) is 31.9 Å². The number of benzene rings is 1. The molecule has 1 unspecified atom stereocenters. The van der Waals surface area contributed by atoms with E-state index in [4.69, 9.17) is 4.74 Å². The molecular formula is C20H26N2O5. The predicted octanol–water partition coefficient (Wildman–Crippen LogP) is 1.68. The molecule has 27 heavy (non-hydrogen) atoms. The molecule has 2 aliphatic heterocycles. The molecule has 2 N–H and O–H groups in total. The number of likely N-dealkylation sites (tertiary alicyclic amines) is 1. The molecule has 2 saturated heterocycles. The van der Waals surface area contributed by atoms with Gasteiger partial charge in [0.05, 0.1) is 5.41 Å². The van der Waals surface area contributed by atoms with Crippen LogP contribution in [0, 0.1) is 5.41 Å². The maximum atomic E-state index is 13.0. The third-order valence-corrected chi connectivity index (χ3v) is 5.89. The van der Waals surface area contributed by atoms with Crippen LogP contribution in [0.4, 0.5) is 0 Å². The Balaban J connectivity index is 1.72. The van der Waals surface area contributed by atoms with Crippen molar-refractivity contribution in [2.24, 2.45) is 5.41 Å². The quantitative estimate of drug-likeness (QED) is 0.817. The van der Waals surface area contributed by atoms with Crippen LogP contribution >= 0.6 is 0 Å². The summed E-state index contributed by atoms with van der Waals surface area (Å²) in [5, 5.41) is 12.5. The summed E-state index contributed by atoms with van der Waals surface area (Å²) in [4.78, 5) is 39.3. The summed E-state index contributed by atoms with van der Waals surface area (Å²) in [5.41, 5.74) is -1.43. The van der Waals surface area contributed by atoms with E-state index in [1.807, 2.05) is 6.07 Å². The van der Waals surface area contributed by atoms with E-state index < -0.39 is 16.9 Å². The number of carbonyl (C=O) groups excluding carboxylic acids is 2. The first kappa shape index (κ1) is 19.4. The van der Waals surface area contributed by atoms with Crippen molar-refractivity contribution >= 4 is 17.8 Å². The third kappa shape index (κ3) is 3.69. The molecule has 7 heteroatoms. The summed E-state index contributed by atoms with van der Waals surface area (Å²) >= 11 is 0. The molecule has 2 fully saturated rings. The van der Waals surface area contributed by atoms with Gasteiger partial charge in [0.15, 0.2) is 0 Å². The van der Waals surface area contributed by atoms with Crippen molar-refractivity contribution in [3.63, 3.8) is 0 Å². The third-order valence-electron chi connectivity index (χ3n) is 5.89. The highest BCUT2D eigenvalue weighted by atomic mass is 16.5. The number of carbonyl (C=O) groups is 3. The molecule has 2 heterocycles. The fourth-order valence-electron chi connectivity index (χ4n) is 3.93. The molecule has 0 spiro atoms. The SMILES string of the molecule is CC1(C(=O)NCC2(C(=O)O)CCOCC2)CCCN1C(=O)c1ccccc1. The zero-order chi connectivity index (χ0) is 19.5. The summed E-state index contributed by atoms with van der Waals surface area (Å²) in [6, 6.07) is 8.90. The molecule has 2 amide bonds. The van der Waals surface area contributed by atoms with Crippen LogP contribution in [0.25, 0.3) is 0 Å². The molecule has 146 valence electrons. The molecular weight excluding hydrogens is 348 g/mol. The minimum absolute atomic E-state index is 0.0491. The second kappa shape index (κ2) is 7.68. The average molecular weight is 374 g/mol. The molecule has 7 nitrogen and oxygen atoms in total. The first-order chi connectivity index (χ1) is 12.9. The molecule has 1 aromatic carbocycles. The number of hydrogen-bond donors (Lipinski definition) is 2. The van der Waals surface area contributed by atoms with E-state index in [0.29, 0.717) is 44.6 Å². The van der Waals surface area contributed by atoms with E-state index in [0.717, 1.165) is 6.42 Å². The van der Waals surface area contributed by atoms with Crippen molar-refractivity contribution < 1.29 is 24.2 Å². The monoisotopic (exact) mass is 374 g/mol. The molecule has 0 saturated carbocycles. The van der Waals surface area contributed by atoms with Gasteiger partial charge in [-0.1, -0.05) is 18.2 Å². The van der Waals surface area contributed by atoms with Gasteiger partial charge < -0.3 is 20.1 Å². The lowest BCUT2D eigenvalue weighted by Crippen LogP contribution is -2.57. The molecule has 0 bridgehead atoms. The van der Waals surface area contributed by atoms with E-state index in [2.05, 4.69) is 5.32 Å². The second-order valence-corrected chi connectivity index (χ2v) is 7.58. The fourth-order valence-corrected chi connectivity index (χ4v) is 3.93. The largest absolute Gasteiger partial charge is 0.481 e. The smallest absolute Gasteiger partial charge is 0.311 e. The number of ether oxygens (including phenoxy) is 1. The van der Waals surface area contributed by atoms with Gasteiger partial charge in [-0.3, -0.25) is 14.4 Å². The number of carboxylic acid groups (broad SMARTS) is 1. The zero-order valence-electron chi connectivity index (χ0n) is 15.6. The summed E-state index contributed by atoms with van der Waals surface area (Å²) in [6.45, 7) is 3.06. The fraction of sp³-hybridized carbons (Fsp3) is 0.550. The number of hydrogen-bond acceptors (Lipinski definition) is 4. The predicted molar refractivity (Wildman–Crippen MR) is 98.2 cm³/mol. The highest BCUT2D eigenvalue weighted by Crippen LogP contribution is 2.33. The van der Waals surface area contributed by atoms with Crippen LogP contribution in [0.2, 0.25) is 0 Å². The molecule has 3 rings (SSSR count). The lowest BCUT2D eigenvalue weighted by Gasteiger charge is -2.37. The molecule has 0 aromatic heterocycles. The Bertz CT molecular complexity index is 714. The van der Waals surface area contributed by atoms with E-state index in [1.54, 1.807) is 36.1 Å². The van der Waals surface area contributed by atoms with Crippen molar-refractivity contribution in [2.75, 3.05) is 26.3 Å². The Hall–Kier alpha value is -2.41. The van der Waals surface area contributed by atoms with Gasteiger partial charge in [-0.15, -0.1) is 0 Å². The van der Waals surface area contributed by atoms with E-state index in [9.17, 15) is 19.5 Å². The van der Waals surface area contributed by atoms with E-state index in [-0.39, 0.29) is 18.4 Å². The van der Waals surface area contributed by atoms with Crippen LogP contribution < -0.4 is 5.32 Å². The van der Waals surface area contributed by atoms with Crippen LogP contribution in [0.5, 0.6) is 0 Å². The molecule has 0 aliphatic carbocycles. The van der Waals surface area contributed by atoms with Gasteiger partial charge >= 0.3 is 5.97 Å². The van der Waals surface area contributed by atoms with Crippen LogP contribution in [-0.4, -0.2) is 59.6 Å². The Morgan fingerprint density at radius 2 is 1.81 bits per heavy atom. The van der Waals surface area contributed by atoms with E-state index >= 15 is 0 Å². The second-order valence-electron chi connectivity index (χ2n) is 7.58. The van der Waals surface area contributed by atoms with Crippen molar-refractivity contribution in [1.82, 2.24) is 10.2 Å². The number of nitrogens with one attached hydrogen (secondary N) is 1. The summed E-state index contributed by atoms with van der Waals surface area (Å²) in [7, 11) is 0. The Kier molecular flexibility index (Phi) is 5.51. The Morgan fingerprint density at radius 1 is 1.15 bits per heavy atom. The van der Waals surface area contributed by atoms with Crippen molar-refractivity contribution in [1.29, 1.82) is 0 Å². The number of rotatable bonds is 5. The lowest BCUT2D eigenvalue weighted by molar-refractivity contribution is -0.155. The van der Waals surface area contributed by atoms with Gasteiger partial charge in [-0.05, 0) is 44.7 Å². The number of nitrogens with zero attached hydrogens (tertiary/aromatic N) is 1. The summed E-state index contributed by atoms with van der Waals surface area (Å²) < 4.78 is 5.27. The number of carboxylic acids is 1. The first-order valence-electron chi connectivity index (χ1n) is 9.36. The molecule has 0 radical (unpaired) electrons.